The molecule has 0 saturated carbocycles. The van der Waals surface area contributed by atoms with Crippen molar-refractivity contribution in [2.45, 2.75) is 58.5 Å². The molecule has 2 aliphatic rings. The maximum Gasteiger partial charge on any atom is 0.315 e. The molecule has 2 aliphatic heterocycles. The van der Waals surface area contributed by atoms with Gasteiger partial charge in [-0.2, -0.15) is 0 Å². The highest BCUT2D eigenvalue weighted by atomic mass is 16.7. The van der Waals surface area contributed by atoms with Crippen LogP contribution in [0, 0.1) is 5.92 Å². The van der Waals surface area contributed by atoms with Crippen molar-refractivity contribution in [3.8, 4) is 22.6 Å². The summed E-state index contributed by atoms with van der Waals surface area (Å²) in [5.41, 5.74) is 8.55. The summed E-state index contributed by atoms with van der Waals surface area (Å²) in [5.74, 6) is 1.58. The molecule has 9 heteroatoms. The molecule has 0 spiro atoms. The summed E-state index contributed by atoms with van der Waals surface area (Å²) in [5, 5.41) is 15.4. The number of nitrogens with one attached hydrogen (secondary N) is 2. The Morgan fingerprint density at radius 2 is 1.59 bits per heavy atom. The highest BCUT2D eigenvalue weighted by Crippen LogP contribution is 2.43. The summed E-state index contributed by atoms with van der Waals surface area (Å²) < 4.78 is 24.7. The Kier molecular flexibility index (Phi) is 11.2. The molecule has 3 N–H and O–H groups in total. The normalized spacial score (nSPS) is 20.7. The van der Waals surface area contributed by atoms with Gasteiger partial charge in [-0.25, -0.2) is 4.79 Å². The second-order valence-corrected chi connectivity index (χ2v) is 12.8. The minimum Gasteiger partial charge on any atom is -0.493 e. The van der Waals surface area contributed by atoms with Crippen molar-refractivity contribution in [1.29, 1.82) is 0 Å². The largest absolute Gasteiger partial charge is 0.493 e. The minimum atomic E-state index is -0.561. The number of rotatable bonds is 11. The summed E-state index contributed by atoms with van der Waals surface area (Å²) in [6, 6.07) is 28.5. The van der Waals surface area contributed by atoms with Gasteiger partial charge >= 0.3 is 6.03 Å². The zero-order valence-corrected chi connectivity index (χ0v) is 28.8. The van der Waals surface area contributed by atoms with Crippen molar-refractivity contribution in [3.63, 3.8) is 0 Å². The van der Waals surface area contributed by atoms with Gasteiger partial charge in [0.1, 0.15) is 0 Å². The second kappa shape index (κ2) is 15.9. The fourth-order valence-corrected chi connectivity index (χ4v) is 6.85. The summed E-state index contributed by atoms with van der Waals surface area (Å²) >= 11 is 0. The van der Waals surface area contributed by atoms with Crippen LogP contribution >= 0.6 is 0 Å². The number of amides is 2. The third-order valence-electron chi connectivity index (χ3n) is 9.65. The lowest BCUT2D eigenvalue weighted by Crippen LogP contribution is -2.45. The number of methoxy groups -OCH3 is 2. The third-order valence-corrected chi connectivity index (χ3v) is 9.65. The molecule has 1 saturated heterocycles. The van der Waals surface area contributed by atoms with Gasteiger partial charge in [-0.1, -0.05) is 79.7 Å². The molecule has 6 rings (SSSR count). The van der Waals surface area contributed by atoms with E-state index in [2.05, 4.69) is 77.1 Å². The molecule has 0 unspecified atom stereocenters. The van der Waals surface area contributed by atoms with Crippen molar-refractivity contribution in [1.82, 2.24) is 15.5 Å². The lowest BCUT2D eigenvalue weighted by molar-refractivity contribution is -0.276. The molecule has 9 nitrogen and oxygen atoms in total. The van der Waals surface area contributed by atoms with E-state index < -0.39 is 6.29 Å². The Hall–Kier alpha value is -4.41. The number of hydrogen-bond donors (Lipinski definition) is 3. The van der Waals surface area contributed by atoms with E-state index in [-0.39, 0.29) is 30.8 Å². The Balaban J connectivity index is 1.23. The third kappa shape index (κ3) is 7.92. The fraction of sp³-hybridized carbons (Fsp3) is 0.375. The second-order valence-electron chi connectivity index (χ2n) is 12.8. The van der Waals surface area contributed by atoms with E-state index in [1.807, 2.05) is 37.3 Å². The van der Waals surface area contributed by atoms with E-state index in [4.69, 9.17) is 18.9 Å². The number of benzene rings is 4. The van der Waals surface area contributed by atoms with Crippen LogP contribution in [0.1, 0.15) is 59.6 Å². The zero-order chi connectivity index (χ0) is 34.3. The standard InChI is InChI=1S/C40H47N3O6/c1-5-41-40(45)42-22-32-8-6-7-9-34(32)28-14-16-30(17-15-28)39-48-37(26(2)38(49-39)29-12-10-27(25-44)11-13-29)24-43-19-18-31-20-35(46-3)36(47-4)21-33(31)23-43/h6-17,20-21,26,37-39,44H,5,18-19,22-25H2,1-4H3,(H2,41,42,45)/t26-,37+,38+,39+/m0/s1. The van der Waals surface area contributed by atoms with E-state index >= 15 is 0 Å². The molecule has 258 valence electrons. The highest BCUT2D eigenvalue weighted by molar-refractivity contribution is 5.74. The zero-order valence-electron chi connectivity index (χ0n) is 28.8. The van der Waals surface area contributed by atoms with Crippen LogP contribution in [-0.2, 0) is 35.6 Å². The number of fused-ring (bicyclic) bond motifs is 1. The van der Waals surface area contributed by atoms with Crippen molar-refractivity contribution in [2.75, 3.05) is 33.9 Å². The van der Waals surface area contributed by atoms with Crippen molar-refractivity contribution in [3.05, 3.63) is 118 Å². The summed E-state index contributed by atoms with van der Waals surface area (Å²) in [6.07, 6.45) is 0.0704. The molecule has 0 aromatic heterocycles. The van der Waals surface area contributed by atoms with E-state index in [0.29, 0.717) is 13.1 Å². The molecule has 0 bridgehead atoms. The monoisotopic (exact) mass is 665 g/mol. The molecule has 4 atom stereocenters. The van der Waals surface area contributed by atoms with Crippen LogP contribution in [0.3, 0.4) is 0 Å². The van der Waals surface area contributed by atoms with Crippen molar-refractivity contribution >= 4 is 6.03 Å². The number of ether oxygens (including phenoxy) is 4. The Bertz CT molecular complexity index is 1710. The first-order chi connectivity index (χ1) is 23.9. The fourth-order valence-electron chi connectivity index (χ4n) is 6.85. The molecule has 2 amide bonds. The number of aliphatic hydroxyl groups excluding tert-OH is 1. The number of aliphatic hydroxyl groups is 1. The van der Waals surface area contributed by atoms with Crippen LogP contribution < -0.4 is 20.1 Å². The summed E-state index contributed by atoms with van der Waals surface area (Å²) in [7, 11) is 3.35. The maximum absolute atomic E-state index is 12.1. The number of nitrogens with zero attached hydrogens (tertiary/aromatic N) is 1. The van der Waals surface area contributed by atoms with Crippen molar-refractivity contribution in [2.24, 2.45) is 5.92 Å². The smallest absolute Gasteiger partial charge is 0.315 e. The van der Waals surface area contributed by atoms with Gasteiger partial charge in [-0.15, -0.1) is 0 Å². The summed E-state index contributed by atoms with van der Waals surface area (Å²) in [6.45, 7) is 7.57. The molecular formula is C40H47N3O6. The predicted octanol–water partition coefficient (Wildman–Crippen LogP) is 6.53. The molecule has 4 aromatic rings. The number of carbonyl (C=O) groups excluding carboxylic acids is 1. The van der Waals surface area contributed by atoms with Gasteiger partial charge in [0.25, 0.3) is 0 Å². The topological polar surface area (TPSA) is 102 Å². The average Bonchev–Trinajstić information content (AvgIpc) is 3.14. The van der Waals surface area contributed by atoms with Crippen LogP contribution in [0.5, 0.6) is 11.5 Å². The van der Waals surface area contributed by atoms with Gasteiger partial charge < -0.3 is 34.7 Å². The first-order valence-electron chi connectivity index (χ1n) is 17.1. The van der Waals surface area contributed by atoms with Gasteiger partial charge in [0.15, 0.2) is 17.8 Å². The molecule has 1 fully saturated rings. The van der Waals surface area contributed by atoms with E-state index in [1.165, 1.54) is 11.1 Å². The number of hydrogen-bond acceptors (Lipinski definition) is 7. The predicted molar refractivity (Wildman–Crippen MR) is 189 cm³/mol. The first-order valence-corrected chi connectivity index (χ1v) is 17.1. The van der Waals surface area contributed by atoms with E-state index in [1.54, 1.807) is 14.2 Å². The van der Waals surface area contributed by atoms with Crippen LogP contribution in [0.15, 0.2) is 84.9 Å². The van der Waals surface area contributed by atoms with E-state index in [9.17, 15) is 9.90 Å². The molecule has 49 heavy (non-hydrogen) atoms. The maximum atomic E-state index is 12.1. The molecule has 0 aliphatic carbocycles. The highest BCUT2D eigenvalue weighted by Gasteiger charge is 2.39. The van der Waals surface area contributed by atoms with Gasteiger partial charge in [-0.3, -0.25) is 4.90 Å². The summed E-state index contributed by atoms with van der Waals surface area (Å²) in [4.78, 5) is 14.5. The number of urea groups is 1. The Morgan fingerprint density at radius 1 is 0.898 bits per heavy atom. The molecule has 4 aromatic carbocycles. The Morgan fingerprint density at radius 3 is 2.29 bits per heavy atom. The Labute approximate surface area is 289 Å². The van der Waals surface area contributed by atoms with Crippen LogP contribution in [0.2, 0.25) is 0 Å². The average molecular weight is 666 g/mol. The van der Waals surface area contributed by atoms with Crippen LogP contribution in [0.25, 0.3) is 11.1 Å². The van der Waals surface area contributed by atoms with E-state index in [0.717, 1.165) is 70.9 Å². The quantitative estimate of drug-likeness (QED) is 0.168. The lowest BCUT2D eigenvalue weighted by Gasteiger charge is -2.43. The molecule has 0 radical (unpaired) electrons. The molecule has 2 heterocycles. The number of carbonyl (C=O) groups is 1. The van der Waals surface area contributed by atoms with Gasteiger partial charge in [-0.05, 0) is 64.4 Å². The van der Waals surface area contributed by atoms with Crippen LogP contribution in [-0.4, -0.2) is 56.0 Å². The minimum absolute atomic E-state index is 0.000287. The van der Waals surface area contributed by atoms with Gasteiger partial charge in [0, 0.05) is 44.2 Å². The first kappa shape index (κ1) is 34.5. The van der Waals surface area contributed by atoms with Gasteiger partial charge in [0.05, 0.1) is 33.0 Å². The van der Waals surface area contributed by atoms with Gasteiger partial charge in [0.2, 0.25) is 0 Å². The van der Waals surface area contributed by atoms with Crippen molar-refractivity contribution < 1.29 is 28.8 Å². The molecular weight excluding hydrogens is 618 g/mol. The SMILES string of the molecule is CCNC(=O)NCc1ccccc1-c1ccc([C@@H]2O[C@H](CN3CCc4cc(OC)c(OC)cc4C3)[C@H](C)[C@H](c3ccc(CO)cc3)O2)cc1. The lowest BCUT2D eigenvalue weighted by atomic mass is 9.89. The van der Waals surface area contributed by atoms with Crippen LogP contribution in [0.4, 0.5) is 4.79 Å².